The molecule has 2 atom stereocenters. The van der Waals surface area contributed by atoms with Gasteiger partial charge in [0, 0.05) is 31.4 Å². The molecule has 1 aromatic carbocycles. The van der Waals surface area contributed by atoms with Crippen molar-refractivity contribution in [3.8, 4) is 0 Å². The van der Waals surface area contributed by atoms with Crippen LogP contribution in [0.1, 0.15) is 23.6 Å². The predicted octanol–water partition coefficient (Wildman–Crippen LogP) is 3.79. The van der Waals surface area contributed by atoms with Crippen molar-refractivity contribution in [2.75, 3.05) is 18.0 Å². The molecule has 0 radical (unpaired) electrons. The Labute approximate surface area is 207 Å². The normalized spacial score (nSPS) is 18.4. The average Bonchev–Trinajstić information content (AvgIpc) is 3.18. The number of ether oxygens (including phenoxy) is 1. The molecule has 3 heterocycles. The molecule has 8 nitrogen and oxygen atoms in total. The van der Waals surface area contributed by atoms with E-state index in [4.69, 9.17) is 29.5 Å². The van der Waals surface area contributed by atoms with E-state index >= 15 is 0 Å². The molecular formula is C23H25F6N3O5. The molecule has 37 heavy (non-hydrogen) atoms. The number of aliphatic carboxylic acids is 2. The third-order valence-corrected chi connectivity index (χ3v) is 5.25. The van der Waals surface area contributed by atoms with Crippen LogP contribution in [-0.2, 0) is 34.0 Å². The molecule has 2 aromatic rings. The number of benzene rings is 1. The second kappa shape index (κ2) is 12.7. The topological polar surface area (TPSA) is 112 Å². The maximum Gasteiger partial charge on any atom is 0.490 e. The summed E-state index contributed by atoms with van der Waals surface area (Å²) in [7, 11) is 0. The van der Waals surface area contributed by atoms with Gasteiger partial charge in [-0.3, -0.25) is 0 Å². The minimum absolute atomic E-state index is 0.516. The number of alkyl halides is 6. The fourth-order valence-corrected chi connectivity index (χ4v) is 3.70. The fraction of sp³-hybridized carbons (Fsp3) is 0.435. The Morgan fingerprint density at radius 1 is 1.00 bits per heavy atom. The Balaban J connectivity index is 0.000000286. The lowest BCUT2D eigenvalue weighted by Crippen LogP contribution is -2.55. The number of aromatic nitrogens is 1. The quantitative estimate of drug-likeness (QED) is 0.506. The largest absolute Gasteiger partial charge is 0.490 e. The van der Waals surface area contributed by atoms with E-state index in [9.17, 15) is 26.3 Å². The monoisotopic (exact) mass is 537 g/mol. The van der Waals surface area contributed by atoms with Crippen LogP contribution in [0, 0.1) is 0 Å². The predicted molar refractivity (Wildman–Crippen MR) is 119 cm³/mol. The van der Waals surface area contributed by atoms with E-state index in [1.54, 1.807) is 0 Å². The summed E-state index contributed by atoms with van der Waals surface area (Å²) in [4.78, 5) is 25.0. The number of hydrogen-bond acceptors (Lipinski definition) is 6. The van der Waals surface area contributed by atoms with Crippen molar-refractivity contribution in [2.24, 2.45) is 0 Å². The van der Waals surface area contributed by atoms with E-state index in [1.165, 1.54) is 22.5 Å². The Kier molecular flexibility index (Phi) is 10.3. The molecule has 14 heteroatoms. The number of halogens is 6. The van der Waals surface area contributed by atoms with Crippen LogP contribution in [0.3, 0.4) is 0 Å². The summed E-state index contributed by atoms with van der Waals surface area (Å²) in [5, 5.41) is 17.8. The van der Waals surface area contributed by atoms with E-state index in [1.807, 2.05) is 24.4 Å². The van der Waals surface area contributed by atoms with Crippen molar-refractivity contribution in [2.45, 2.75) is 51.0 Å². The highest BCUT2D eigenvalue weighted by Crippen LogP contribution is 2.33. The first-order valence-electron chi connectivity index (χ1n) is 10.9. The number of piperazine rings is 1. The Morgan fingerprint density at radius 2 is 1.54 bits per heavy atom. The van der Waals surface area contributed by atoms with Gasteiger partial charge in [-0.05, 0) is 36.1 Å². The Morgan fingerprint density at radius 3 is 2.08 bits per heavy atom. The van der Waals surface area contributed by atoms with Gasteiger partial charge in [-0.25, -0.2) is 14.6 Å². The molecule has 0 amide bonds. The van der Waals surface area contributed by atoms with E-state index < -0.39 is 24.3 Å². The molecule has 3 N–H and O–H groups in total. The standard InChI is InChI=1S/C19H23N3O.2C2HF3O2/c1-14-9-20-11-18-8-17-7-16(10-21-19(17)22(14)18)13-23-12-15-5-3-2-4-6-15;2*3-2(4,5)1(6)7/h2-7,10,14,18,20H,8-9,11-13H2,1H3;2*(H,6,7)/t14-,18-;;/m1../s1. The lowest BCUT2D eigenvalue weighted by atomic mass is 10.1. The first kappa shape index (κ1) is 29.8. The van der Waals surface area contributed by atoms with Gasteiger partial charge in [0.1, 0.15) is 5.82 Å². The number of anilines is 1. The van der Waals surface area contributed by atoms with Crippen molar-refractivity contribution in [1.29, 1.82) is 0 Å². The summed E-state index contributed by atoms with van der Waals surface area (Å²) in [5.74, 6) is -4.34. The molecule has 2 aliphatic rings. The first-order valence-corrected chi connectivity index (χ1v) is 10.9. The highest BCUT2D eigenvalue weighted by Gasteiger charge is 2.39. The van der Waals surface area contributed by atoms with Crippen molar-refractivity contribution in [3.05, 3.63) is 59.3 Å². The van der Waals surface area contributed by atoms with Crippen LogP contribution in [0.25, 0.3) is 0 Å². The SMILES string of the molecule is C[C@@H]1CNC[C@H]2Cc3cc(COCc4ccccc4)cnc3N21.O=C(O)C(F)(F)F.O=C(O)C(F)(F)F. The van der Waals surface area contributed by atoms with Gasteiger partial charge in [0.05, 0.1) is 13.2 Å². The highest BCUT2D eigenvalue weighted by molar-refractivity contribution is 5.73. The number of fused-ring (bicyclic) bond motifs is 3. The van der Waals surface area contributed by atoms with Gasteiger partial charge in [-0.2, -0.15) is 26.3 Å². The highest BCUT2D eigenvalue weighted by atomic mass is 19.4. The summed E-state index contributed by atoms with van der Waals surface area (Å²) in [5.41, 5.74) is 3.74. The van der Waals surface area contributed by atoms with Gasteiger partial charge in [0.25, 0.3) is 0 Å². The van der Waals surface area contributed by atoms with Crippen LogP contribution in [0.4, 0.5) is 32.2 Å². The third kappa shape index (κ3) is 9.21. The van der Waals surface area contributed by atoms with Crippen molar-refractivity contribution in [1.82, 2.24) is 10.3 Å². The minimum Gasteiger partial charge on any atom is -0.475 e. The minimum atomic E-state index is -5.08. The number of carboxylic acid groups (broad SMARTS) is 2. The lowest BCUT2D eigenvalue weighted by molar-refractivity contribution is -0.193. The molecule has 0 bridgehead atoms. The zero-order chi connectivity index (χ0) is 27.8. The summed E-state index contributed by atoms with van der Waals surface area (Å²) in [6.45, 7) is 5.63. The molecule has 204 valence electrons. The Bertz CT molecular complexity index is 1030. The van der Waals surface area contributed by atoms with Crippen LogP contribution in [-0.4, -0.2) is 64.7 Å². The number of hydrogen-bond donors (Lipinski definition) is 3. The van der Waals surface area contributed by atoms with Crippen LogP contribution in [0.2, 0.25) is 0 Å². The maximum atomic E-state index is 10.6. The second-order valence-corrected chi connectivity index (χ2v) is 8.18. The average molecular weight is 537 g/mol. The lowest BCUT2D eigenvalue weighted by Gasteiger charge is -2.37. The molecule has 1 fully saturated rings. The van der Waals surface area contributed by atoms with E-state index in [0.717, 1.165) is 19.5 Å². The summed E-state index contributed by atoms with van der Waals surface area (Å²) < 4.78 is 69.3. The van der Waals surface area contributed by atoms with Gasteiger partial charge >= 0.3 is 24.3 Å². The zero-order valence-corrected chi connectivity index (χ0v) is 19.5. The van der Waals surface area contributed by atoms with Gasteiger partial charge in [0.15, 0.2) is 0 Å². The zero-order valence-electron chi connectivity index (χ0n) is 19.5. The fourth-order valence-electron chi connectivity index (χ4n) is 3.70. The van der Waals surface area contributed by atoms with Crippen LogP contribution in [0.15, 0.2) is 42.6 Å². The van der Waals surface area contributed by atoms with Crippen molar-refractivity contribution in [3.63, 3.8) is 0 Å². The number of pyridine rings is 1. The van der Waals surface area contributed by atoms with Gasteiger partial charge in [-0.15, -0.1) is 0 Å². The summed E-state index contributed by atoms with van der Waals surface area (Å²) in [6.07, 6.45) is -7.10. The number of nitrogens with zero attached hydrogens (tertiary/aromatic N) is 2. The van der Waals surface area contributed by atoms with Crippen molar-refractivity contribution < 1.29 is 50.9 Å². The van der Waals surface area contributed by atoms with Gasteiger partial charge in [0.2, 0.25) is 0 Å². The molecule has 2 aliphatic heterocycles. The van der Waals surface area contributed by atoms with Crippen molar-refractivity contribution >= 4 is 17.8 Å². The number of carbonyl (C=O) groups is 2. The first-order chi connectivity index (χ1) is 17.2. The van der Waals surface area contributed by atoms with Gasteiger partial charge in [-0.1, -0.05) is 30.3 Å². The molecule has 1 saturated heterocycles. The summed E-state index contributed by atoms with van der Waals surface area (Å²) in [6, 6.07) is 13.6. The number of carboxylic acids is 2. The molecule has 4 rings (SSSR count). The van der Waals surface area contributed by atoms with Gasteiger partial charge < -0.3 is 25.2 Å². The maximum absolute atomic E-state index is 10.6. The summed E-state index contributed by atoms with van der Waals surface area (Å²) >= 11 is 0. The number of rotatable bonds is 4. The van der Waals surface area contributed by atoms with E-state index in [0.29, 0.717) is 25.3 Å². The molecule has 0 aliphatic carbocycles. The molecular weight excluding hydrogens is 512 g/mol. The third-order valence-electron chi connectivity index (χ3n) is 5.25. The Hall–Kier alpha value is -3.39. The molecule has 0 unspecified atom stereocenters. The van der Waals surface area contributed by atoms with Crippen LogP contribution < -0.4 is 10.2 Å². The number of nitrogens with one attached hydrogen (secondary N) is 1. The molecule has 1 aromatic heterocycles. The van der Waals surface area contributed by atoms with Crippen LogP contribution >= 0.6 is 0 Å². The second-order valence-electron chi connectivity index (χ2n) is 8.18. The molecule has 0 spiro atoms. The van der Waals surface area contributed by atoms with E-state index in [2.05, 4.69) is 35.3 Å². The van der Waals surface area contributed by atoms with Crippen LogP contribution in [0.5, 0.6) is 0 Å². The smallest absolute Gasteiger partial charge is 0.475 e. The van der Waals surface area contributed by atoms with E-state index in [-0.39, 0.29) is 0 Å². The molecule has 0 saturated carbocycles.